The lowest BCUT2D eigenvalue weighted by Gasteiger charge is -2.09. The molecule has 1 aliphatic rings. The summed E-state index contributed by atoms with van der Waals surface area (Å²) in [6.45, 7) is 5.15. The Labute approximate surface area is 116 Å². The number of carbonyl (C=O) groups is 1. The molecule has 1 aromatic rings. The molecule has 20 heavy (non-hydrogen) atoms. The van der Waals surface area contributed by atoms with Crippen LogP contribution in [0, 0.1) is 0 Å². The molecular weight excluding hydrogens is 258 g/mol. The van der Waals surface area contributed by atoms with Gasteiger partial charge >= 0.3 is 0 Å². The Balaban J connectivity index is 2.47. The number of hydrogen-bond donors (Lipinski definition) is 1. The lowest BCUT2D eigenvalue weighted by molar-refractivity contribution is 0.0917. The van der Waals surface area contributed by atoms with Crippen LogP contribution in [-0.2, 0) is 11.2 Å². The number of ether oxygens (including phenoxy) is 1. The van der Waals surface area contributed by atoms with Gasteiger partial charge in [0.05, 0.1) is 11.3 Å². The first kappa shape index (κ1) is 14.0. The zero-order chi connectivity index (χ0) is 14.9. The van der Waals surface area contributed by atoms with Gasteiger partial charge in [0, 0.05) is 25.7 Å². The van der Waals surface area contributed by atoms with Crippen LogP contribution < -0.4 is 5.56 Å². The third-order valence-corrected chi connectivity index (χ3v) is 3.19. The van der Waals surface area contributed by atoms with Gasteiger partial charge in [0.2, 0.25) is 11.8 Å². The van der Waals surface area contributed by atoms with Crippen molar-refractivity contribution >= 4 is 12.0 Å². The molecular formula is C14H17N3O3. The number of rotatable bonds is 2. The lowest BCUT2D eigenvalue weighted by Crippen LogP contribution is -2.22. The fourth-order valence-corrected chi connectivity index (χ4v) is 1.86. The highest BCUT2D eigenvalue weighted by Gasteiger charge is 2.15. The van der Waals surface area contributed by atoms with Gasteiger partial charge in [-0.2, -0.15) is 4.68 Å². The number of aryl methyl sites for hydroxylation is 1. The Bertz CT molecular complexity index is 700. The number of hydrogen-bond acceptors (Lipinski definition) is 4. The average Bonchev–Trinajstić information content (AvgIpc) is 2.90. The number of H-pyrrole nitrogens is 1. The molecule has 0 radical (unpaired) electrons. The van der Waals surface area contributed by atoms with Gasteiger partial charge in [-0.15, -0.1) is 0 Å². The Kier molecular flexibility index (Phi) is 3.68. The fraction of sp³-hybridized carbons (Fsp3) is 0.357. The fourth-order valence-electron chi connectivity index (χ4n) is 1.86. The molecule has 0 bridgehead atoms. The van der Waals surface area contributed by atoms with Crippen LogP contribution in [0.4, 0.5) is 0 Å². The van der Waals surface area contributed by atoms with Crippen molar-refractivity contribution in [2.24, 2.45) is 0 Å². The molecule has 1 aliphatic heterocycles. The molecule has 6 heteroatoms. The monoisotopic (exact) mass is 275 g/mol. The van der Waals surface area contributed by atoms with E-state index >= 15 is 0 Å². The molecule has 0 saturated heterocycles. The van der Waals surface area contributed by atoms with Crippen molar-refractivity contribution in [1.82, 2.24) is 14.7 Å². The topological polar surface area (TPSA) is 67.3 Å². The maximum atomic E-state index is 12.1. The van der Waals surface area contributed by atoms with Crippen molar-refractivity contribution in [3.05, 3.63) is 45.2 Å². The summed E-state index contributed by atoms with van der Waals surface area (Å²) in [4.78, 5) is 25.3. The summed E-state index contributed by atoms with van der Waals surface area (Å²) in [6, 6.07) is 0. The summed E-state index contributed by atoms with van der Waals surface area (Å²) in [6.07, 6.45) is 3.78. The number of allylic oxidation sites excluding steroid dienone is 1. The SMILES string of the molecule is CCc1[nH]n(C(C)=O)c(=O)c1C=C=C1OC=C(C)N1C. The van der Waals surface area contributed by atoms with Crippen LogP contribution in [0.15, 0.2) is 28.4 Å². The summed E-state index contributed by atoms with van der Waals surface area (Å²) in [5.41, 5.74) is 4.65. The summed E-state index contributed by atoms with van der Waals surface area (Å²) in [5, 5.41) is 2.80. The molecule has 1 N–H and O–H groups in total. The first-order valence-electron chi connectivity index (χ1n) is 6.34. The molecule has 0 spiro atoms. The Morgan fingerprint density at radius 3 is 2.75 bits per heavy atom. The molecule has 0 aliphatic carbocycles. The second kappa shape index (κ2) is 5.27. The van der Waals surface area contributed by atoms with Gasteiger partial charge < -0.3 is 9.64 Å². The van der Waals surface area contributed by atoms with Gasteiger partial charge in [-0.05, 0) is 13.3 Å². The molecule has 2 rings (SSSR count). The molecule has 0 saturated carbocycles. The standard InChI is InChI=1S/C14H17N3O3/c1-5-12-11(14(19)17(15-12)10(3)18)6-7-13-16(4)9(2)8-20-13/h6,8,15H,5H2,1-4H3. The van der Waals surface area contributed by atoms with Gasteiger partial charge in [0.1, 0.15) is 6.26 Å². The first-order valence-corrected chi connectivity index (χ1v) is 6.34. The quantitative estimate of drug-likeness (QED) is 0.834. The van der Waals surface area contributed by atoms with Gasteiger partial charge in [0.25, 0.3) is 5.56 Å². The van der Waals surface area contributed by atoms with Gasteiger partial charge in [-0.1, -0.05) is 12.7 Å². The number of aromatic nitrogens is 2. The van der Waals surface area contributed by atoms with E-state index in [1.807, 2.05) is 25.8 Å². The number of carbonyl (C=O) groups excluding carboxylic acids is 1. The third-order valence-electron chi connectivity index (χ3n) is 3.19. The van der Waals surface area contributed by atoms with E-state index in [-0.39, 0.29) is 11.5 Å². The highest BCUT2D eigenvalue weighted by molar-refractivity contribution is 5.75. The minimum Gasteiger partial charge on any atom is -0.440 e. The molecule has 1 aromatic heterocycles. The van der Waals surface area contributed by atoms with Crippen LogP contribution in [0.3, 0.4) is 0 Å². The van der Waals surface area contributed by atoms with E-state index in [0.29, 0.717) is 23.6 Å². The molecule has 106 valence electrons. The van der Waals surface area contributed by atoms with Crippen molar-refractivity contribution in [2.75, 3.05) is 7.05 Å². The van der Waals surface area contributed by atoms with Crippen molar-refractivity contribution in [2.45, 2.75) is 27.2 Å². The van der Waals surface area contributed by atoms with Gasteiger partial charge in [-0.3, -0.25) is 14.7 Å². The zero-order valence-electron chi connectivity index (χ0n) is 12.0. The molecule has 0 aromatic carbocycles. The predicted molar refractivity (Wildman–Crippen MR) is 74.8 cm³/mol. The smallest absolute Gasteiger partial charge is 0.281 e. The zero-order valence-corrected chi connectivity index (χ0v) is 12.0. The number of nitrogens with one attached hydrogen (secondary N) is 1. The van der Waals surface area contributed by atoms with Crippen LogP contribution in [-0.4, -0.2) is 27.6 Å². The van der Waals surface area contributed by atoms with Crippen LogP contribution in [0.2, 0.25) is 0 Å². The largest absolute Gasteiger partial charge is 0.440 e. The maximum absolute atomic E-state index is 12.1. The summed E-state index contributed by atoms with van der Waals surface area (Å²) < 4.78 is 6.32. The van der Waals surface area contributed by atoms with Gasteiger partial charge in [-0.25, -0.2) is 0 Å². The minimum atomic E-state index is -0.368. The highest BCUT2D eigenvalue weighted by atomic mass is 16.5. The second-order valence-corrected chi connectivity index (χ2v) is 4.55. The van der Waals surface area contributed by atoms with E-state index in [1.165, 1.54) is 6.92 Å². The molecule has 0 fully saturated rings. The van der Waals surface area contributed by atoms with E-state index in [9.17, 15) is 9.59 Å². The van der Waals surface area contributed by atoms with Crippen molar-refractivity contribution < 1.29 is 9.53 Å². The molecule has 2 heterocycles. The molecule has 6 nitrogen and oxygen atoms in total. The van der Waals surface area contributed by atoms with Crippen molar-refractivity contribution in [3.8, 4) is 0 Å². The van der Waals surface area contributed by atoms with Crippen LogP contribution >= 0.6 is 0 Å². The summed E-state index contributed by atoms with van der Waals surface area (Å²) >= 11 is 0. The Morgan fingerprint density at radius 1 is 1.55 bits per heavy atom. The molecule has 0 amide bonds. The predicted octanol–water partition coefficient (Wildman–Crippen LogP) is 1.68. The van der Waals surface area contributed by atoms with Crippen LogP contribution in [0.5, 0.6) is 0 Å². The van der Waals surface area contributed by atoms with E-state index in [1.54, 1.807) is 12.3 Å². The summed E-state index contributed by atoms with van der Waals surface area (Å²) in [5.74, 6) is 0.170. The maximum Gasteiger partial charge on any atom is 0.281 e. The third kappa shape index (κ3) is 2.33. The van der Waals surface area contributed by atoms with Crippen LogP contribution in [0.1, 0.15) is 36.8 Å². The average molecular weight is 275 g/mol. The lowest BCUT2D eigenvalue weighted by atomic mass is 10.2. The van der Waals surface area contributed by atoms with Gasteiger partial charge in [0.15, 0.2) is 0 Å². The van der Waals surface area contributed by atoms with Crippen molar-refractivity contribution in [3.63, 3.8) is 0 Å². The minimum absolute atomic E-state index is 0.344. The number of aromatic amines is 1. The van der Waals surface area contributed by atoms with Crippen LogP contribution in [0.25, 0.3) is 6.08 Å². The first-order chi connectivity index (χ1) is 9.45. The molecule has 0 unspecified atom stereocenters. The second-order valence-electron chi connectivity index (χ2n) is 4.55. The number of nitrogens with zero attached hydrogens (tertiary/aromatic N) is 2. The molecule has 0 atom stereocenters. The normalized spacial score (nSPS) is 13.9. The Hall–Kier alpha value is -2.46. The van der Waals surface area contributed by atoms with E-state index in [4.69, 9.17) is 4.74 Å². The van der Waals surface area contributed by atoms with E-state index in [0.717, 1.165) is 10.4 Å². The summed E-state index contributed by atoms with van der Waals surface area (Å²) in [7, 11) is 1.85. The van der Waals surface area contributed by atoms with E-state index < -0.39 is 0 Å². The Morgan fingerprint density at radius 2 is 2.25 bits per heavy atom. The van der Waals surface area contributed by atoms with Crippen molar-refractivity contribution in [1.29, 1.82) is 0 Å². The van der Waals surface area contributed by atoms with E-state index in [2.05, 4.69) is 10.8 Å². The highest BCUT2D eigenvalue weighted by Crippen LogP contribution is 2.18.